The molecular weight excluding hydrogens is 416 g/mol. The fourth-order valence-corrected chi connectivity index (χ4v) is 3.77. The van der Waals surface area contributed by atoms with Crippen LogP contribution in [0.2, 0.25) is 5.02 Å². The number of benzene rings is 1. The van der Waals surface area contributed by atoms with Crippen LogP contribution in [0.25, 0.3) is 0 Å². The van der Waals surface area contributed by atoms with Gasteiger partial charge in [-0.05, 0) is 43.2 Å². The smallest absolute Gasteiger partial charge is 0.328 e. The second kappa shape index (κ2) is 10.3. The number of hydrogen-bond donors (Lipinski definition) is 2. The number of ether oxygens (including phenoxy) is 2. The first-order chi connectivity index (χ1) is 15.2. The highest BCUT2D eigenvalue weighted by Gasteiger charge is 2.16. The Balaban J connectivity index is 1.59. The van der Waals surface area contributed by atoms with Gasteiger partial charge < -0.3 is 20.1 Å². The summed E-state index contributed by atoms with van der Waals surface area (Å²) in [5.74, 6) is 1.97. The summed E-state index contributed by atoms with van der Waals surface area (Å²) in [7, 11) is 1.58. The average molecular weight is 441 g/mol. The van der Waals surface area contributed by atoms with E-state index >= 15 is 0 Å². The summed E-state index contributed by atoms with van der Waals surface area (Å²) >= 11 is 6.25. The van der Waals surface area contributed by atoms with Crippen molar-refractivity contribution in [1.82, 2.24) is 19.9 Å². The topological polar surface area (TPSA) is 94.1 Å². The number of hydrogen-bond acceptors (Lipinski definition) is 8. The Kier molecular flexibility index (Phi) is 6.99. The van der Waals surface area contributed by atoms with E-state index in [4.69, 9.17) is 21.1 Å². The molecule has 2 aromatic heterocycles. The summed E-state index contributed by atoms with van der Waals surface area (Å²) in [5, 5.41) is 7.12. The summed E-state index contributed by atoms with van der Waals surface area (Å²) in [5.41, 5.74) is 0.727. The van der Waals surface area contributed by atoms with Gasteiger partial charge >= 0.3 is 6.01 Å². The van der Waals surface area contributed by atoms with Crippen molar-refractivity contribution in [3.8, 4) is 17.5 Å². The number of anilines is 3. The van der Waals surface area contributed by atoms with E-state index < -0.39 is 0 Å². The Hall–Kier alpha value is -3.13. The predicted octanol–water partition coefficient (Wildman–Crippen LogP) is 5.60. The van der Waals surface area contributed by atoms with Crippen molar-refractivity contribution in [3.05, 3.63) is 47.7 Å². The number of rotatable bonds is 7. The normalized spacial score (nSPS) is 14.5. The van der Waals surface area contributed by atoms with Gasteiger partial charge in [-0.1, -0.05) is 37.3 Å². The summed E-state index contributed by atoms with van der Waals surface area (Å²) in [6.45, 7) is 0. The lowest BCUT2D eigenvalue weighted by molar-refractivity contribution is 0.415. The Morgan fingerprint density at radius 2 is 1.81 bits per heavy atom. The van der Waals surface area contributed by atoms with Crippen LogP contribution in [0.5, 0.6) is 17.5 Å². The maximum Gasteiger partial charge on any atom is 0.328 e. The van der Waals surface area contributed by atoms with Crippen molar-refractivity contribution in [2.45, 2.75) is 44.6 Å². The van der Waals surface area contributed by atoms with Gasteiger partial charge in [0, 0.05) is 17.9 Å². The third kappa shape index (κ3) is 5.95. The minimum atomic E-state index is 0.182. The minimum absolute atomic E-state index is 0.182. The molecule has 0 unspecified atom stereocenters. The first kappa shape index (κ1) is 21.1. The molecule has 3 aromatic rings. The molecule has 0 atom stereocenters. The highest BCUT2D eigenvalue weighted by Crippen LogP contribution is 2.29. The van der Waals surface area contributed by atoms with E-state index in [2.05, 4.69) is 30.6 Å². The lowest BCUT2D eigenvalue weighted by atomic mass is 10.1. The molecule has 0 radical (unpaired) electrons. The second-order valence-electron chi connectivity index (χ2n) is 7.36. The Labute approximate surface area is 186 Å². The molecule has 1 aromatic carbocycles. The minimum Gasteiger partial charge on any atom is -0.495 e. The van der Waals surface area contributed by atoms with Gasteiger partial charge in [0.1, 0.15) is 11.5 Å². The van der Waals surface area contributed by atoms with E-state index in [1.165, 1.54) is 25.7 Å². The van der Waals surface area contributed by atoms with Gasteiger partial charge in [0.05, 0.1) is 18.3 Å². The van der Waals surface area contributed by atoms with Gasteiger partial charge in [0.2, 0.25) is 11.9 Å². The summed E-state index contributed by atoms with van der Waals surface area (Å²) < 4.78 is 11.0. The fraction of sp³-hybridized carbons (Fsp3) is 0.364. The van der Waals surface area contributed by atoms with Gasteiger partial charge in [-0.15, -0.1) is 0 Å². The van der Waals surface area contributed by atoms with Crippen molar-refractivity contribution in [3.63, 3.8) is 0 Å². The second-order valence-corrected chi connectivity index (χ2v) is 7.77. The molecule has 0 amide bonds. The molecule has 0 bridgehead atoms. The van der Waals surface area contributed by atoms with Crippen LogP contribution in [0.15, 0.2) is 42.7 Å². The van der Waals surface area contributed by atoms with Crippen LogP contribution in [-0.2, 0) is 0 Å². The monoisotopic (exact) mass is 440 g/mol. The molecule has 4 rings (SSSR count). The Bertz CT molecular complexity index is 997. The number of methoxy groups -OCH3 is 1. The van der Waals surface area contributed by atoms with Crippen LogP contribution in [0, 0.1) is 0 Å². The van der Waals surface area contributed by atoms with Crippen LogP contribution >= 0.6 is 11.6 Å². The molecule has 162 valence electrons. The predicted molar refractivity (Wildman–Crippen MR) is 121 cm³/mol. The molecule has 9 heteroatoms. The van der Waals surface area contributed by atoms with Gasteiger partial charge in [0.25, 0.3) is 0 Å². The van der Waals surface area contributed by atoms with E-state index in [0.29, 0.717) is 34.5 Å². The maximum absolute atomic E-state index is 6.25. The number of pyridine rings is 1. The molecule has 1 aliphatic rings. The molecule has 0 saturated heterocycles. The molecule has 1 fully saturated rings. The van der Waals surface area contributed by atoms with E-state index in [0.717, 1.165) is 18.5 Å². The third-order valence-electron chi connectivity index (χ3n) is 5.05. The number of aromatic nitrogens is 4. The molecule has 1 saturated carbocycles. The highest BCUT2D eigenvalue weighted by molar-refractivity contribution is 6.32. The summed E-state index contributed by atoms with van der Waals surface area (Å²) in [4.78, 5) is 17.5. The zero-order valence-electron chi connectivity index (χ0n) is 17.3. The van der Waals surface area contributed by atoms with Crippen LogP contribution in [0.1, 0.15) is 38.5 Å². The average Bonchev–Trinajstić information content (AvgIpc) is 3.03. The maximum atomic E-state index is 6.25. The molecule has 2 N–H and O–H groups in total. The SMILES string of the molecule is COc1ccc(Nc2nc(NC3CCCCCC3)nc(Oc3cccnc3)n2)cc1Cl. The first-order valence-corrected chi connectivity index (χ1v) is 10.8. The summed E-state index contributed by atoms with van der Waals surface area (Å²) in [6.07, 6.45) is 10.4. The van der Waals surface area contributed by atoms with Gasteiger partial charge in [-0.25, -0.2) is 0 Å². The van der Waals surface area contributed by atoms with Gasteiger partial charge in [-0.3, -0.25) is 4.98 Å². The molecule has 8 nitrogen and oxygen atoms in total. The fourth-order valence-electron chi connectivity index (χ4n) is 3.51. The molecule has 31 heavy (non-hydrogen) atoms. The van der Waals surface area contributed by atoms with Crippen molar-refractivity contribution in [2.75, 3.05) is 17.7 Å². The van der Waals surface area contributed by atoms with Crippen molar-refractivity contribution in [2.24, 2.45) is 0 Å². The molecular formula is C22H25ClN6O2. The summed E-state index contributed by atoms with van der Waals surface area (Å²) in [6, 6.07) is 9.48. The van der Waals surface area contributed by atoms with Gasteiger partial charge in [0.15, 0.2) is 0 Å². The third-order valence-corrected chi connectivity index (χ3v) is 5.35. The van der Waals surface area contributed by atoms with Crippen molar-refractivity contribution >= 4 is 29.2 Å². The Morgan fingerprint density at radius 3 is 2.52 bits per heavy atom. The molecule has 2 heterocycles. The lowest BCUT2D eigenvalue weighted by Crippen LogP contribution is -2.20. The quantitative estimate of drug-likeness (QED) is 0.458. The number of halogens is 1. The zero-order chi connectivity index (χ0) is 21.5. The lowest BCUT2D eigenvalue weighted by Gasteiger charge is -2.17. The first-order valence-electron chi connectivity index (χ1n) is 10.4. The van der Waals surface area contributed by atoms with Gasteiger partial charge in [-0.2, -0.15) is 15.0 Å². The molecule has 0 aliphatic heterocycles. The molecule has 0 spiro atoms. The van der Waals surface area contributed by atoms with E-state index in [1.807, 2.05) is 6.07 Å². The van der Waals surface area contributed by atoms with E-state index in [-0.39, 0.29) is 6.01 Å². The van der Waals surface area contributed by atoms with Crippen molar-refractivity contribution < 1.29 is 9.47 Å². The van der Waals surface area contributed by atoms with Crippen molar-refractivity contribution in [1.29, 1.82) is 0 Å². The van der Waals surface area contributed by atoms with Crippen LogP contribution in [-0.4, -0.2) is 33.1 Å². The molecule has 1 aliphatic carbocycles. The van der Waals surface area contributed by atoms with Crippen LogP contribution < -0.4 is 20.1 Å². The van der Waals surface area contributed by atoms with Crippen LogP contribution in [0.3, 0.4) is 0 Å². The highest BCUT2D eigenvalue weighted by atomic mass is 35.5. The van der Waals surface area contributed by atoms with Crippen LogP contribution in [0.4, 0.5) is 17.6 Å². The largest absolute Gasteiger partial charge is 0.495 e. The number of nitrogens with one attached hydrogen (secondary N) is 2. The van der Waals surface area contributed by atoms with E-state index in [1.54, 1.807) is 43.8 Å². The zero-order valence-corrected chi connectivity index (χ0v) is 18.1. The van der Waals surface area contributed by atoms with E-state index in [9.17, 15) is 0 Å². The Morgan fingerprint density at radius 1 is 1.00 bits per heavy atom. The number of nitrogens with zero attached hydrogens (tertiary/aromatic N) is 4. The standard InChI is InChI=1S/C22H25ClN6O2/c1-30-19-11-10-16(13-18(19)23)26-21-27-20(25-15-7-4-2-3-5-8-15)28-22(29-21)31-17-9-6-12-24-14-17/h6,9-15H,2-5,7-8H2,1H3,(H2,25,26,27,28,29).